The maximum absolute atomic E-state index is 13.0. The molecule has 0 radical (unpaired) electrons. The first-order chi connectivity index (χ1) is 12.9. The van der Waals surface area contributed by atoms with Crippen LogP contribution in [0.15, 0.2) is 9.64 Å². The Balaban J connectivity index is 1.18. The molecule has 4 bridgehead atoms. The second kappa shape index (κ2) is 6.58. The van der Waals surface area contributed by atoms with Gasteiger partial charge in [-0.25, -0.2) is 8.42 Å². The fraction of sp³-hybridized carbons (Fsp3) is 0.842. The van der Waals surface area contributed by atoms with Crippen LogP contribution in [0.1, 0.15) is 50.8 Å². The summed E-state index contributed by atoms with van der Waals surface area (Å²) in [6, 6.07) is 0. The highest BCUT2D eigenvalue weighted by Crippen LogP contribution is 2.60. The van der Waals surface area contributed by atoms with E-state index < -0.39 is 9.84 Å². The molecule has 1 atom stereocenters. The van der Waals surface area contributed by atoms with Gasteiger partial charge in [0.2, 0.25) is 5.89 Å². The van der Waals surface area contributed by atoms with E-state index in [1.165, 1.54) is 31.0 Å². The number of thioether (sulfide) groups is 1. The number of sulfone groups is 1. The van der Waals surface area contributed by atoms with Crippen LogP contribution in [0.4, 0.5) is 0 Å². The van der Waals surface area contributed by atoms with Crippen molar-refractivity contribution < 1.29 is 17.6 Å². The Morgan fingerprint density at radius 3 is 2.37 bits per heavy atom. The molecule has 0 spiro atoms. The summed E-state index contributed by atoms with van der Waals surface area (Å²) in [4.78, 5) is 13.0. The standard InChI is InChI=1S/C19H26N2O4S2/c22-16(19-7-13-3-14(8-19)5-15(4-13)9-19)10-26-18-21-20-17(25-18)6-12-1-2-27(23,24)11-12/h12-15H,1-11H2/t12-,13?,14?,15?,19?/m1/s1. The summed E-state index contributed by atoms with van der Waals surface area (Å²) >= 11 is 1.35. The first-order valence-electron chi connectivity index (χ1n) is 10.1. The van der Waals surface area contributed by atoms with Gasteiger partial charge in [0.15, 0.2) is 9.84 Å². The molecule has 0 amide bonds. The van der Waals surface area contributed by atoms with E-state index in [2.05, 4.69) is 10.2 Å². The molecule has 4 aliphatic carbocycles. The molecule has 27 heavy (non-hydrogen) atoms. The van der Waals surface area contributed by atoms with Gasteiger partial charge in [0.1, 0.15) is 5.78 Å². The highest BCUT2D eigenvalue weighted by molar-refractivity contribution is 7.99. The Kier molecular flexibility index (Phi) is 4.42. The Hall–Kier alpha value is -0.890. The maximum Gasteiger partial charge on any atom is 0.277 e. The summed E-state index contributed by atoms with van der Waals surface area (Å²) in [7, 11) is -2.89. The van der Waals surface area contributed by atoms with Crippen molar-refractivity contribution in [1.29, 1.82) is 0 Å². The SMILES string of the molecule is O=C(CSc1nnc(C[C@H]2CCS(=O)(=O)C2)o1)C12CC3CC(CC(C3)C1)C2. The van der Waals surface area contributed by atoms with E-state index in [0.717, 1.165) is 37.0 Å². The zero-order chi connectivity index (χ0) is 18.6. The lowest BCUT2D eigenvalue weighted by Crippen LogP contribution is -2.50. The zero-order valence-electron chi connectivity index (χ0n) is 15.4. The summed E-state index contributed by atoms with van der Waals surface area (Å²) in [5.74, 6) is 4.10. The summed E-state index contributed by atoms with van der Waals surface area (Å²) in [5, 5.41) is 8.55. The average Bonchev–Trinajstić information content (AvgIpc) is 3.17. The molecule has 6 nitrogen and oxygen atoms in total. The van der Waals surface area contributed by atoms with E-state index in [-0.39, 0.29) is 22.8 Å². The predicted molar refractivity (Wildman–Crippen MR) is 101 cm³/mol. The van der Waals surface area contributed by atoms with Gasteiger partial charge in [-0.2, -0.15) is 0 Å². The molecule has 1 aromatic heterocycles. The molecule has 0 N–H and O–H groups in total. The van der Waals surface area contributed by atoms with Crippen LogP contribution in [0, 0.1) is 29.1 Å². The summed E-state index contributed by atoms with van der Waals surface area (Å²) < 4.78 is 28.8. The highest BCUT2D eigenvalue weighted by Gasteiger charge is 2.54. The number of aromatic nitrogens is 2. The van der Waals surface area contributed by atoms with E-state index >= 15 is 0 Å². The molecule has 8 heteroatoms. The minimum Gasteiger partial charge on any atom is -0.416 e. The van der Waals surface area contributed by atoms with Crippen LogP contribution in [-0.4, -0.2) is 41.7 Å². The van der Waals surface area contributed by atoms with Crippen molar-refractivity contribution >= 4 is 27.4 Å². The summed E-state index contributed by atoms with van der Waals surface area (Å²) in [6.45, 7) is 0. The third-order valence-electron chi connectivity index (χ3n) is 7.19. The van der Waals surface area contributed by atoms with Gasteiger partial charge < -0.3 is 4.42 Å². The number of ketones is 1. The quantitative estimate of drug-likeness (QED) is 0.666. The van der Waals surface area contributed by atoms with Crippen molar-refractivity contribution in [3.8, 4) is 0 Å². The van der Waals surface area contributed by atoms with Gasteiger partial charge in [-0.15, -0.1) is 10.2 Å². The molecule has 6 rings (SSSR count). The topological polar surface area (TPSA) is 90.1 Å². The van der Waals surface area contributed by atoms with Gasteiger partial charge in [0.25, 0.3) is 5.22 Å². The molecule has 5 fully saturated rings. The highest BCUT2D eigenvalue weighted by atomic mass is 32.2. The lowest BCUT2D eigenvalue weighted by atomic mass is 9.48. The van der Waals surface area contributed by atoms with E-state index in [1.807, 2.05) is 0 Å². The van der Waals surface area contributed by atoms with Crippen LogP contribution >= 0.6 is 11.8 Å². The van der Waals surface area contributed by atoms with Crippen LogP contribution in [-0.2, 0) is 21.1 Å². The predicted octanol–water partition coefficient (Wildman–Crippen LogP) is 2.92. The lowest BCUT2D eigenvalue weighted by molar-refractivity contribution is -0.141. The fourth-order valence-electron chi connectivity index (χ4n) is 6.39. The van der Waals surface area contributed by atoms with Crippen molar-refractivity contribution in [2.24, 2.45) is 29.1 Å². The van der Waals surface area contributed by atoms with Crippen molar-refractivity contribution in [3.63, 3.8) is 0 Å². The third-order valence-corrected chi connectivity index (χ3v) is 9.85. The second-order valence-electron chi connectivity index (χ2n) is 9.34. The molecule has 0 aromatic carbocycles. The Morgan fingerprint density at radius 2 is 1.78 bits per heavy atom. The number of hydrogen-bond acceptors (Lipinski definition) is 7. The smallest absolute Gasteiger partial charge is 0.277 e. The largest absolute Gasteiger partial charge is 0.416 e. The van der Waals surface area contributed by atoms with E-state index in [9.17, 15) is 13.2 Å². The first kappa shape index (κ1) is 18.2. The van der Waals surface area contributed by atoms with E-state index in [0.29, 0.717) is 35.5 Å². The average molecular weight is 411 g/mol. The van der Waals surface area contributed by atoms with Crippen LogP contribution in [0.3, 0.4) is 0 Å². The van der Waals surface area contributed by atoms with E-state index in [1.54, 1.807) is 0 Å². The number of hydrogen-bond donors (Lipinski definition) is 0. The molecule has 4 saturated carbocycles. The molecule has 1 aliphatic heterocycles. The molecular formula is C19H26N2O4S2. The summed E-state index contributed by atoms with van der Waals surface area (Å²) in [6.07, 6.45) is 8.45. The first-order valence-corrected chi connectivity index (χ1v) is 12.9. The molecule has 0 unspecified atom stereocenters. The molecule has 1 saturated heterocycles. The maximum atomic E-state index is 13.0. The number of rotatable bonds is 6. The van der Waals surface area contributed by atoms with Crippen LogP contribution in [0.2, 0.25) is 0 Å². The minimum atomic E-state index is -2.89. The number of carbonyl (C=O) groups is 1. The number of carbonyl (C=O) groups excluding carboxylic acids is 1. The van der Waals surface area contributed by atoms with Crippen LogP contribution < -0.4 is 0 Å². The van der Waals surface area contributed by atoms with Gasteiger partial charge in [-0.3, -0.25) is 4.79 Å². The minimum absolute atomic E-state index is 0.0713. The number of Topliss-reactive ketones (excluding diaryl/α,β-unsaturated/α-hetero) is 1. The zero-order valence-corrected chi connectivity index (χ0v) is 17.1. The normalized spacial score (nSPS) is 39.1. The van der Waals surface area contributed by atoms with Gasteiger partial charge in [0, 0.05) is 11.8 Å². The molecule has 148 valence electrons. The van der Waals surface area contributed by atoms with Crippen LogP contribution in [0.25, 0.3) is 0 Å². The molecule has 1 aromatic rings. The van der Waals surface area contributed by atoms with Crippen molar-refractivity contribution in [3.05, 3.63) is 5.89 Å². The monoisotopic (exact) mass is 410 g/mol. The number of nitrogens with zero attached hydrogens (tertiary/aromatic N) is 2. The Bertz CT molecular complexity index is 812. The second-order valence-corrected chi connectivity index (χ2v) is 12.5. The van der Waals surface area contributed by atoms with E-state index in [4.69, 9.17) is 4.42 Å². The van der Waals surface area contributed by atoms with Crippen molar-refractivity contribution in [2.45, 2.75) is 56.6 Å². The molecule has 5 aliphatic rings. The molecular weight excluding hydrogens is 384 g/mol. The van der Waals surface area contributed by atoms with Crippen molar-refractivity contribution in [1.82, 2.24) is 10.2 Å². The third kappa shape index (κ3) is 3.59. The van der Waals surface area contributed by atoms with Gasteiger partial charge in [0.05, 0.1) is 17.3 Å². The molecule has 2 heterocycles. The Morgan fingerprint density at radius 1 is 1.11 bits per heavy atom. The van der Waals surface area contributed by atoms with Gasteiger partial charge in [-0.1, -0.05) is 11.8 Å². The fourth-order valence-corrected chi connectivity index (χ4v) is 9.07. The summed E-state index contributed by atoms with van der Waals surface area (Å²) in [5.41, 5.74) is -0.0805. The Labute approximate surface area is 164 Å². The van der Waals surface area contributed by atoms with Crippen molar-refractivity contribution in [2.75, 3.05) is 17.3 Å². The van der Waals surface area contributed by atoms with Gasteiger partial charge >= 0.3 is 0 Å². The van der Waals surface area contributed by atoms with Crippen LogP contribution in [0.5, 0.6) is 0 Å². The lowest BCUT2D eigenvalue weighted by Gasteiger charge is -2.55. The van der Waals surface area contributed by atoms with Gasteiger partial charge in [-0.05, 0) is 68.6 Å².